The topological polar surface area (TPSA) is 123 Å². The third kappa shape index (κ3) is 2.97. The van der Waals surface area contributed by atoms with Crippen LogP contribution in [0.25, 0.3) is 0 Å². The molecule has 9 nitrogen and oxygen atoms in total. The number of benzene rings is 1. The zero-order chi connectivity index (χ0) is 16.3. The van der Waals surface area contributed by atoms with Gasteiger partial charge in [-0.1, -0.05) is 0 Å². The highest BCUT2D eigenvalue weighted by molar-refractivity contribution is 6.28. The Labute approximate surface area is 125 Å². The minimum absolute atomic E-state index is 0.306. The van der Waals surface area contributed by atoms with Crippen LogP contribution in [0.2, 0.25) is 0 Å². The molecule has 0 bridgehead atoms. The molecule has 1 aliphatic rings. The van der Waals surface area contributed by atoms with Crippen molar-refractivity contribution < 1.29 is 28.7 Å². The standard InChI is InChI=1S/C13H13N3O6/c1-21-7-4-3-6(5-8(7)22-2)14-10(17)9-11(18)15-13(20)16-12(9)19/h3-5,9H,1-2H3,(H,14,17)(H2,15,16,18,19,20). The first kappa shape index (κ1) is 15.3. The molecule has 0 saturated carbocycles. The molecule has 0 radical (unpaired) electrons. The summed E-state index contributed by atoms with van der Waals surface area (Å²) in [5, 5.41) is 6.11. The molecule has 1 saturated heterocycles. The number of carbonyl (C=O) groups excluding carboxylic acids is 4. The first-order valence-corrected chi connectivity index (χ1v) is 6.15. The van der Waals surface area contributed by atoms with Crippen molar-refractivity contribution in [3.05, 3.63) is 18.2 Å². The van der Waals surface area contributed by atoms with Crippen molar-refractivity contribution in [3.63, 3.8) is 0 Å². The van der Waals surface area contributed by atoms with Crippen LogP contribution in [0.3, 0.4) is 0 Å². The van der Waals surface area contributed by atoms with Gasteiger partial charge in [0, 0.05) is 11.8 Å². The number of urea groups is 1. The van der Waals surface area contributed by atoms with Gasteiger partial charge in [0.2, 0.25) is 17.7 Å². The van der Waals surface area contributed by atoms with Crippen molar-refractivity contribution in [1.82, 2.24) is 10.6 Å². The molecule has 1 aromatic rings. The van der Waals surface area contributed by atoms with Gasteiger partial charge in [-0.3, -0.25) is 25.0 Å². The van der Waals surface area contributed by atoms with Crippen LogP contribution in [-0.4, -0.2) is 38.0 Å². The van der Waals surface area contributed by atoms with Gasteiger partial charge in [-0.05, 0) is 12.1 Å². The van der Waals surface area contributed by atoms with Gasteiger partial charge in [0.1, 0.15) is 0 Å². The summed E-state index contributed by atoms with van der Waals surface area (Å²) in [6, 6.07) is 3.59. The van der Waals surface area contributed by atoms with Gasteiger partial charge < -0.3 is 14.8 Å². The molecule has 116 valence electrons. The van der Waals surface area contributed by atoms with Crippen molar-refractivity contribution in [2.24, 2.45) is 5.92 Å². The van der Waals surface area contributed by atoms with Crippen LogP contribution in [0.5, 0.6) is 11.5 Å². The maximum absolute atomic E-state index is 12.0. The lowest BCUT2D eigenvalue weighted by atomic mass is 10.1. The van der Waals surface area contributed by atoms with E-state index in [1.165, 1.54) is 26.4 Å². The van der Waals surface area contributed by atoms with Gasteiger partial charge in [-0.2, -0.15) is 0 Å². The summed E-state index contributed by atoms with van der Waals surface area (Å²) >= 11 is 0. The highest BCUT2D eigenvalue weighted by Gasteiger charge is 2.39. The fraction of sp³-hybridized carbons (Fsp3) is 0.231. The van der Waals surface area contributed by atoms with Gasteiger partial charge in [-0.25, -0.2) is 4.79 Å². The summed E-state index contributed by atoms with van der Waals surface area (Å²) in [6.07, 6.45) is 0. The van der Waals surface area contributed by atoms with Crippen LogP contribution in [0.1, 0.15) is 0 Å². The number of hydrogen-bond acceptors (Lipinski definition) is 6. The Kier molecular flexibility index (Phi) is 4.25. The molecule has 0 aliphatic carbocycles. The fourth-order valence-electron chi connectivity index (χ4n) is 1.88. The lowest BCUT2D eigenvalue weighted by Crippen LogP contribution is -2.58. The average Bonchev–Trinajstić information content (AvgIpc) is 2.45. The Hall–Kier alpha value is -3.10. The number of hydrogen-bond donors (Lipinski definition) is 3. The van der Waals surface area contributed by atoms with Gasteiger partial charge in [0.15, 0.2) is 17.4 Å². The molecule has 1 aromatic carbocycles. The smallest absolute Gasteiger partial charge is 0.328 e. The summed E-state index contributed by atoms with van der Waals surface area (Å²) < 4.78 is 10.1. The van der Waals surface area contributed by atoms with Crippen LogP contribution >= 0.6 is 0 Å². The normalized spacial score (nSPS) is 14.9. The van der Waals surface area contributed by atoms with Crippen LogP contribution in [0.15, 0.2) is 18.2 Å². The van der Waals surface area contributed by atoms with E-state index in [2.05, 4.69) is 5.32 Å². The van der Waals surface area contributed by atoms with Crippen LogP contribution < -0.4 is 25.4 Å². The van der Waals surface area contributed by atoms with Gasteiger partial charge in [0.05, 0.1) is 14.2 Å². The van der Waals surface area contributed by atoms with E-state index in [1.807, 2.05) is 10.6 Å². The molecular formula is C13H13N3O6. The number of imide groups is 2. The van der Waals surface area contributed by atoms with E-state index in [0.717, 1.165) is 0 Å². The molecule has 0 atom stereocenters. The Morgan fingerprint density at radius 2 is 1.64 bits per heavy atom. The third-order valence-electron chi connectivity index (χ3n) is 2.91. The largest absolute Gasteiger partial charge is 0.493 e. The number of rotatable bonds is 4. The first-order chi connectivity index (χ1) is 10.5. The van der Waals surface area contributed by atoms with E-state index in [0.29, 0.717) is 17.2 Å². The molecule has 0 spiro atoms. The zero-order valence-corrected chi connectivity index (χ0v) is 11.8. The molecule has 2 rings (SSSR count). The van der Waals surface area contributed by atoms with Gasteiger partial charge in [-0.15, -0.1) is 0 Å². The fourth-order valence-corrected chi connectivity index (χ4v) is 1.88. The van der Waals surface area contributed by atoms with Gasteiger partial charge >= 0.3 is 6.03 Å². The SMILES string of the molecule is COc1ccc(NC(=O)C2C(=O)NC(=O)NC2=O)cc1OC. The molecule has 9 heteroatoms. The second-order valence-electron chi connectivity index (χ2n) is 4.30. The van der Waals surface area contributed by atoms with Crippen molar-refractivity contribution >= 4 is 29.4 Å². The highest BCUT2D eigenvalue weighted by atomic mass is 16.5. The molecule has 1 fully saturated rings. The van der Waals surface area contributed by atoms with E-state index >= 15 is 0 Å². The molecule has 5 amide bonds. The minimum atomic E-state index is -1.65. The maximum atomic E-state index is 12.0. The summed E-state index contributed by atoms with van der Waals surface area (Å²) in [7, 11) is 2.89. The predicted molar refractivity (Wildman–Crippen MR) is 73.3 cm³/mol. The molecule has 22 heavy (non-hydrogen) atoms. The van der Waals surface area contributed by atoms with Crippen molar-refractivity contribution in [3.8, 4) is 11.5 Å². The maximum Gasteiger partial charge on any atom is 0.328 e. The van der Waals surface area contributed by atoms with Crippen LogP contribution in [0.4, 0.5) is 10.5 Å². The number of carbonyl (C=O) groups is 4. The minimum Gasteiger partial charge on any atom is -0.493 e. The number of methoxy groups -OCH3 is 2. The van der Waals surface area contributed by atoms with E-state index in [9.17, 15) is 19.2 Å². The van der Waals surface area contributed by atoms with E-state index < -0.39 is 29.7 Å². The molecule has 0 unspecified atom stereocenters. The molecule has 1 aliphatic heterocycles. The number of anilines is 1. The Bertz CT molecular complexity index is 637. The molecule has 3 N–H and O–H groups in total. The van der Waals surface area contributed by atoms with Crippen molar-refractivity contribution in [2.75, 3.05) is 19.5 Å². The highest BCUT2D eigenvalue weighted by Crippen LogP contribution is 2.29. The summed E-state index contributed by atoms with van der Waals surface area (Å²) in [6.45, 7) is 0. The zero-order valence-electron chi connectivity index (χ0n) is 11.8. The van der Waals surface area contributed by atoms with Crippen LogP contribution in [-0.2, 0) is 14.4 Å². The second kappa shape index (κ2) is 6.12. The molecular weight excluding hydrogens is 294 g/mol. The van der Waals surface area contributed by atoms with E-state index in [1.54, 1.807) is 6.07 Å². The second-order valence-corrected chi connectivity index (χ2v) is 4.30. The number of ether oxygens (including phenoxy) is 2. The summed E-state index contributed by atoms with van der Waals surface area (Å²) in [5.74, 6) is -3.65. The first-order valence-electron chi connectivity index (χ1n) is 6.15. The Balaban J connectivity index is 2.16. The quantitative estimate of drug-likeness (QED) is 0.652. The number of nitrogens with one attached hydrogen (secondary N) is 3. The van der Waals surface area contributed by atoms with E-state index in [-0.39, 0.29) is 0 Å². The third-order valence-corrected chi connectivity index (χ3v) is 2.91. The van der Waals surface area contributed by atoms with Crippen molar-refractivity contribution in [2.45, 2.75) is 0 Å². The predicted octanol–water partition coefficient (Wildman–Crippen LogP) is -0.375. The van der Waals surface area contributed by atoms with Crippen LogP contribution in [0, 0.1) is 5.92 Å². The van der Waals surface area contributed by atoms with Gasteiger partial charge in [0.25, 0.3) is 0 Å². The molecule has 1 heterocycles. The Morgan fingerprint density at radius 3 is 2.18 bits per heavy atom. The summed E-state index contributed by atoms with van der Waals surface area (Å²) in [5.41, 5.74) is 0.306. The lowest BCUT2D eigenvalue weighted by Gasteiger charge is -2.20. The average molecular weight is 307 g/mol. The number of amides is 5. The lowest BCUT2D eigenvalue weighted by molar-refractivity contribution is -0.141. The summed E-state index contributed by atoms with van der Waals surface area (Å²) in [4.78, 5) is 46.1. The number of barbiturate groups is 1. The Morgan fingerprint density at radius 1 is 1.05 bits per heavy atom. The monoisotopic (exact) mass is 307 g/mol. The van der Waals surface area contributed by atoms with E-state index in [4.69, 9.17) is 9.47 Å². The van der Waals surface area contributed by atoms with Crippen molar-refractivity contribution in [1.29, 1.82) is 0 Å². The molecule has 0 aromatic heterocycles.